The first-order chi connectivity index (χ1) is 25.6. The maximum Gasteiger partial charge on any atom is 0.434 e. The van der Waals surface area contributed by atoms with Crippen molar-refractivity contribution < 1.29 is 41.4 Å². The molecule has 0 radical (unpaired) electrons. The summed E-state index contributed by atoms with van der Waals surface area (Å²) in [5, 5.41) is 13.1. The number of carbonyl (C=O) groups excluding carboxylic acids is 1. The van der Waals surface area contributed by atoms with Gasteiger partial charge in [0.15, 0.2) is 5.69 Å². The van der Waals surface area contributed by atoms with E-state index in [9.17, 15) is 36.6 Å². The number of aromatic nitrogens is 3. The number of ether oxygens (including phenoxy) is 1. The van der Waals surface area contributed by atoms with Gasteiger partial charge in [0.05, 0.1) is 30.5 Å². The van der Waals surface area contributed by atoms with Gasteiger partial charge in [0.1, 0.15) is 11.6 Å². The molecule has 4 saturated carbocycles. The number of fused-ring (bicyclic) bond motifs is 4. The zero-order chi connectivity index (χ0) is 38.2. The van der Waals surface area contributed by atoms with Crippen LogP contribution in [0, 0.1) is 23.7 Å². The summed E-state index contributed by atoms with van der Waals surface area (Å²) in [4.78, 5) is 43.2. The fourth-order valence-corrected chi connectivity index (χ4v) is 11.1. The predicted octanol–water partition coefficient (Wildman–Crippen LogP) is 7.53. The molecule has 2 aromatic rings. The molecular formula is C39H49F5N6O4. The Labute approximate surface area is 311 Å². The summed E-state index contributed by atoms with van der Waals surface area (Å²) in [5.41, 5.74) is -2.82. The van der Waals surface area contributed by atoms with Crippen LogP contribution in [0.25, 0.3) is 0 Å². The molecule has 15 heteroatoms. The number of halogens is 5. The number of amides is 1. The van der Waals surface area contributed by atoms with Crippen LogP contribution < -0.4 is 15.0 Å². The number of hydrogen-bond acceptors (Lipinski definition) is 8. The molecule has 0 aromatic carbocycles. The van der Waals surface area contributed by atoms with Crippen molar-refractivity contribution in [3.63, 3.8) is 0 Å². The van der Waals surface area contributed by atoms with Gasteiger partial charge in [-0.15, -0.1) is 0 Å². The summed E-state index contributed by atoms with van der Waals surface area (Å²) in [6.45, 7) is 3.76. The molecule has 6 aliphatic rings. The van der Waals surface area contributed by atoms with Crippen LogP contribution in [0.1, 0.15) is 119 Å². The van der Waals surface area contributed by atoms with Gasteiger partial charge in [0.25, 0.3) is 11.8 Å². The van der Waals surface area contributed by atoms with Crippen LogP contribution in [0.4, 0.5) is 33.6 Å². The van der Waals surface area contributed by atoms with E-state index in [0.29, 0.717) is 56.1 Å². The molecule has 1 saturated heterocycles. The maximum atomic E-state index is 14.8. The molecule has 2 N–H and O–H groups in total. The SMILES string of the molecule is CC1CC2CC(C)C(NC(=O)c3cnc(N4CC5(CCCCC5)c5cc(O[C@H]6CC[C@H](N7CC(F)(F)C7)CC6)ncc54)nc3C(F)(F)F)(C(=O)O)C(C1)C2. The molecule has 5 fully saturated rings. The van der Waals surface area contributed by atoms with E-state index in [4.69, 9.17) is 4.74 Å². The van der Waals surface area contributed by atoms with Crippen LogP contribution >= 0.6 is 0 Å². The fraction of sp³-hybridized carbons (Fsp3) is 0.718. The van der Waals surface area contributed by atoms with Crippen molar-refractivity contribution >= 4 is 23.5 Å². The molecule has 8 rings (SSSR count). The standard InChI is InChI=1S/C39H49F5N6O4/c1-22-12-24-14-23(2)38(34(52)53,25(13-22)15-24)48-33(51)28-17-46-35(47-32(28)39(42,43)44)50-19-36(10-4-3-5-11-36)29-16-31(45-18-30(29)50)54-27-8-6-26(7-9-27)49-20-37(40,41)21-49/h16-18,22-27H,3-15,19-21H2,1-2H3,(H,48,51)(H,52,53)/t22?,23?,24?,25?,26-,27-,38?. The lowest BCUT2D eigenvalue weighted by molar-refractivity contribution is -0.155. The first kappa shape index (κ1) is 37.3. The van der Waals surface area contributed by atoms with E-state index in [1.54, 1.807) is 18.0 Å². The van der Waals surface area contributed by atoms with Crippen LogP contribution in [0.15, 0.2) is 18.5 Å². The number of carbonyl (C=O) groups is 2. The third kappa shape index (κ3) is 6.59. The third-order valence-corrected chi connectivity index (χ3v) is 13.7. The van der Waals surface area contributed by atoms with Crippen LogP contribution in [0.5, 0.6) is 5.88 Å². The van der Waals surface area contributed by atoms with Gasteiger partial charge in [-0.05, 0) is 93.4 Å². The maximum absolute atomic E-state index is 14.8. The minimum absolute atomic E-state index is 0.119. The van der Waals surface area contributed by atoms with Crippen molar-refractivity contribution in [1.29, 1.82) is 0 Å². The number of hydrogen-bond donors (Lipinski definition) is 2. The zero-order valence-corrected chi connectivity index (χ0v) is 30.8. The van der Waals surface area contributed by atoms with Gasteiger partial charge in [0, 0.05) is 30.3 Å². The van der Waals surface area contributed by atoms with Gasteiger partial charge in [-0.25, -0.2) is 28.5 Å². The topological polar surface area (TPSA) is 121 Å². The molecule has 5 atom stereocenters. The molecule has 5 unspecified atom stereocenters. The average Bonchev–Trinajstić information content (AvgIpc) is 3.40. The molecule has 2 bridgehead atoms. The van der Waals surface area contributed by atoms with E-state index in [0.717, 1.165) is 63.1 Å². The Bertz CT molecular complexity index is 1770. The van der Waals surface area contributed by atoms with Crippen molar-refractivity contribution in [2.24, 2.45) is 23.7 Å². The van der Waals surface area contributed by atoms with E-state index in [1.807, 2.05) is 17.9 Å². The van der Waals surface area contributed by atoms with Gasteiger partial charge < -0.3 is 20.1 Å². The smallest absolute Gasteiger partial charge is 0.434 e. The van der Waals surface area contributed by atoms with Gasteiger partial charge in [-0.2, -0.15) is 13.2 Å². The summed E-state index contributed by atoms with van der Waals surface area (Å²) in [5.74, 6) is -5.10. The highest BCUT2D eigenvalue weighted by Gasteiger charge is 2.57. The van der Waals surface area contributed by atoms with E-state index >= 15 is 0 Å². The summed E-state index contributed by atoms with van der Waals surface area (Å²) in [6.07, 6.45) is 7.53. The van der Waals surface area contributed by atoms with Crippen molar-refractivity contribution in [2.75, 3.05) is 24.5 Å². The van der Waals surface area contributed by atoms with E-state index < -0.39 is 52.6 Å². The highest BCUT2D eigenvalue weighted by Crippen LogP contribution is 2.53. The van der Waals surface area contributed by atoms with Crippen LogP contribution in [-0.4, -0.2) is 80.1 Å². The molecule has 4 aliphatic carbocycles. The number of aliphatic carboxylic acids is 1. The molecule has 2 aromatic heterocycles. The van der Waals surface area contributed by atoms with Crippen molar-refractivity contribution in [3.8, 4) is 5.88 Å². The van der Waals surface area contributed by atoms with Crippen LogP contribution in [-0.2, 0) is 16.4 Å². The lowest BCUT2D eigenvalue weighted by Crippen LogP contribution is -2.66. The summed E-state index contributed by atoms with van der Waals surface area (Å²) in [6, 6.07) is 2.01. The molecule has 1 amide bonds. The van der Waals surface area contributed by atoms with Gasteiger partial charge in [-0.1, -0.05) is 33.1 Å². The summed E-state index contributed by atoms with van der Waals surface area (Å²) < 4.78 is 77.6. The zero-order valence-electron chi connectivity index (χ0n) is 30.8. The number of carboxylic acid groups (broad SMARTS) is 1. The second kappa shape index (κ2) is 13.5. The second-order valence-electron chi connectivity index (χ2n) is 17.3. The Morgan fingerprint density at radius 1 is 0.944 bits per heavy atom. The van der Waals surface area contributed by atoms with Gasteiger partial charge in [0.2, 0.25) is 11.8 Å². The minimum atomic E-state index is -5.03. The molecule has 4 heterocycles. The first-order valence-electron chi connectivity index (χ1n) is 19.6. The molecule has 1 spiro atoms. The van der Waals surface area contributed by atoms with E-state index in [-0.39, 0.29) is 42.5 Å². The largest absolute Gasteiger partial charge is 0.479 e. The Balaban J connectivity index is 1.05. The normalized spacial score (nSPS) is 33.1. The van der Waals surface area contributed by atoms with E-state index in [2.05, 4.69) is 20.3 Å². The highest BCUT2D eigenvalue weighted by molar-refractivity contribution is 5.99. The Hall–Kier alpha value is -3.62. The Morgan fingerprint density at radius 3 is 2.33 bits per heavy atom. The number of carboxylic acids is 1. The minimum Gasteiger partial charge on any atom is -0.479 e. The number of nitrogens with one attached hydrogen (secondary N) is 1. The highest BCUT2D eigenvalue weighted by atomic mass is 19.4. The molecule has 10 nitrogen and oxygen atoms in total. The van der Waals surface area contributed by atoms with Crippen molar-refractivity contribution in [2.45, 2.75) is 133 Å². The van der Waals surface area contributed by atoms with Crippen LogP contribution in [0.2, 0.25) is 0 Å². The van der Waals surface area contributed by atoms with Crippen LogP contribution in [0.3, 0.4) is 0 Å². The van der Waals surface area contributed by atoms with Gasteiger partial charge >= 0.3 is 12.1 Å². The first-order valence-corrected chi connectivity index (χ1v) is 19.6. The number of nitrogens with zero attached hydrogens (tertiary/aromatic N) is 5. The molecule has 2 aliphatic heterocycles. The Kier molecular flexibility index (Phi) is 9.36. The quantitative estimate of drug-likeness (QED) is 0.276. The molecular weight excluding hydrogens is 711 g/mol. The van der Waals surface area contributed by atoms with E-state index in [1.165, 1.54) is 0 Å². The molecule has 54 heavy (non-hydrogen) atoms. The summed E-state index contributed by atoms with van der Waals surface area (Å²) in [7, 11) is 0. The lowest BCUT2D eigenvalue weighted by atomic mass is 9.56. The number of pyridine rings is 1. The predicted molar refractivity (Wildman–Crippen MR) is 188 cm³/mol. The van der Waals surface area contributed by atoms with Crippen molar-refractivity contribution in [1.82, 2.24) is 25.2 Å². The number of alkyl halides is 5. The summed E-state index contributed by atoms with van der Waals surface area (Å²) >= 11 is 0. The number of rotatable bonds is 7. The fourth-order valence-electron chi connectivity index (χ4n) is 11.1. The second-order valence-corrected chi connectivity index (χ2v) is 17.3. The number of anilines is 2. The van der Waals surface area contributed by atoms with Crippen molar-refractivity contribution in [3.05, 3.63) is 35.3 Å². The monoisotopic (exact) mass is 760 g/mol. The number of likely N-dealkylation sites (tertiary alicyclic amines) is 1. The van der Waals surface area contributed by atoms with Gasteiger partial charge in [-0.3, -0.25) is 9.69 Å². The lowest BCUT2D eigenvalue weighted by Gasteiger charge is -2.52. The Morgan fingerprint density at radius 2 is 1.67 bits per heavy atom. The third-order valence-electron chi connectivity index (χ3n) is 13.7. The molecule has 294 valence electrons. The average molecular weight is 761 g/mol.